The van der Waals surface area contributed by atoms with E-state index in [-0.39, 0.29) is 5.91 Å². The third kappa shape index (κ3) is 5.15. The summed E-state index contributed by atoms with van der Waals surface area (Å²) in [5, 5.41) is 11.4. The van der Waals surface area contributed by atoms with E-state index < -0.39 is 6.09 Å². The number of thiazole rings is 1. The van der Waals surface area contributed by atoms with Crippen LogP contribution in [0, 0.1) is 6.92 Å². The molecule has 3 heterocycles. The fraction of sp³-hybridized carbons (Fsp3) is 0.321. The van der Waals surface area contributed by atoms with Crippen molar-refractivity contribution in [3.8, 4) is 27.5 Å². The largest absolute Gasteiger partial charge is 0.453 e. The fourth-order valence-corrected chi connectivity index (χ4v) is 5.89. The van der Waals surface area contributed by atoms with E-state index in [1.165, 1.54) is 18.4 Å². The van der Waals surface area contributed by atoms with Gasteiger partial charge in [-0.05, 0) is 69.6 Å². The van der Waals surface area contributed by atoms with Gasteiger partial charge in [0.2, 0.25) is 0 Å². The van der Waals surface area contributed by atoms with Crippen molar-refractivity contribution in [2.75, 3.05) is 39.1 Å². The van der Waals surface area contributed by atoms with Crippen LogP contribution in [0.3, 0.4) is 0 Å². The Labute approximate surface area is 231 Å². The second kappa shape index (κ2) is 11.3. The van der Waals surface area contributed by atoms with Crippen molar-refractivity contribution in [3.05, 3.63) is 65.1 Å². The molecule has 2 amide bonds. The molecular formula is C28H31N7O3S. The van der Waals surface area contributed by atoms with Crippen LogP contribution >= 0.6 is 11.3 Å². The van der Waals surface area contributed by atoms with Gasteiger partial charge in [0.15, 0.2) is 5.13 Å². The molecule has 0 radical (unpaired) electrons. The summed E-state index contributed by atoms with van der Waals surface area (Å²) < 4.78 is 6.70. The molecule has 1 aliphatic carbocycles. The van der Waals surface area contributed by atoms with Crippen molar-refractivity contribution >= 4 is 28.5 Å². The molecule has 0 spiro atoms. The molecule has 0 fully saturated rings. The fourth-order valence-electron chi connectivity index (χ4n) is 4.83. The smallest absolute Gasteiger partial charge is 0.413 e. The minimum atomic E-state index is -0.558. The lowest BCUT2D eigenvalue weighted by atomic mass is 9.95. The second-order valence-electron chi connectivity index (χ2n) is 9.23. The molecule has 0 atom stereocenters. The van der Waals surface area contributed by atoms with Crippen molar-refractivity contribution in [3.63, 3.8) is 0 Å². The van der Waals surface area contributed by atoms with Crippen LogP contribution in [0.25, 0.3) is 27.5 Å². The number of hydrogen-bond acceptors (Lipinski definition) is 8. The van der Waals surface area contributed by atoms with Gasteiger partial charge in [-0.15, -0.1) is 0 Å². The Morgan fingerprint density at radius 3 is 2.77 bits per heavy atom. The normalized spacial score (nSPS) is 12.0. The molecule has 0 saturated carbocycles. The van der Waals surface area contributed by atoms with Gasteiger partial charge in [0.05, 0.1) is 34.8 Å². The Morgan fingerprint density at radius 1 is 1.23 bits per heavy atom. The third-order valence-electron chi connectivity index (χ3n) is 6.81. The zero-order valence-corrected chi connectivity index (χ0v) is 23.3. The van der Waals surface area contributed by atoms with Crippen LogP contribution < -0.4 is 10.6 Å². The van der Waals surface area contributed by atoms with Crippen LogP contribution in [0.15, 0.2) is 42.7 Å². The number of nitrogens with one attached hydrogen (secondary N) is 2. The maximum absolute atomic E-state index is 13.2. The summed E-state index contributed by atoms with van der Waals surface area (Å²) in [6.07, 6.45) is 4.48. The number of likely N-dealkylation sites (N-methyl/N-ethyl adjacent to an activating group) is 2. The molecule has 202 valence electrons. The van der Waals surface area contributed by atoms with Gasteiger partial charge in [-0.1, -0.05) is 11.3 Å². The molecule has 3 aromatic heterocycles. The first-order valence-electron chi connectivity index (χ1n) is 12.9. The van der Waals surface area contributed by atoms with E-state index in [0.717, 1.165) is 63.7 Å². The minimum Gasteiger partial charge on any atom is -0.453 e. The molecule has 0 unspecified atom stereocenters. The highest BCUT2D eigenvalue weighted by atomic mass is 32.1. The summed E-state index contributed by atoms with van der Waals surface area (Å²) >= 11 is 1.40. The number of ether oxygens (including phenoxy) is 1. The molecule has 0 aliphatic heterocycles. The molecular weight excluding hydrogens is 514 g/mol. The quantitative estimate of drug-likeness (QED) is 0.339. The van der Waals surface area contributed by atoms with Gasteiger partial charge in [0, 0.05) is 48.7 Å². The van der Waals surface area contributed by atoms with Gasteiger partial charge < -0.3 is 15.0 Å². The monoisotopic (exact) mass is 545 g/mol. The van der Waals surface area contributed by atoms with Crippen LogP contribution in [-0.2, 0) is 17.6 Å². The number of benzene rings is 1. The maximum atomic E-state index is 13.2. The van der Waals surface area contributed by atoms with Gasteiger partial charge in [0.1, 0.15) is 0 Å². The van der Waals surface area contributed by atoms with Crippen molar-refractivity contribution in [2.45, 2.75) is 26.7 Å². The number of methoxy groups -OCH3 is 1. The summed E-state index contributed by atoms with van der Waals surface area (Å²) in [5.74, 6) is 0.00390. The first kappa shape index (κ1) is 26.5. The van der Waals surface area contributed by atoms with Gasteiger partial charge >= 0.3 is 6.09 Å². The zero-order valence-electron chi connectivity index (χ0n) is 22.4. The molecule has 0 saturated heterocycles. The first-order chi connectivity index (χ1) is 18.9. The number of carbonyl (C=O) groups excluding carboxylic acids is 2. The Hall–Kier alpha value is -4.09. The number of hydrogen-bond donors (Lipinski definition) is 2. The number of pyridine rings is 1. The lowest BCUT2D eigenvalue weighted by Crippen LogP contribution is -2.36. The van der Waals surface area contributed by atoms with Crippen LogP contribution in [0.4, 0.5) is 9.93 Å². The summed E-state index contributed by atoms with van der Waals surface area (Å²) in [4.78, 5) is 36.8. The predicted octanol–water partition coefficient (Wildman–Crippen LogP) is 4.32. The van der Waals surface area contributed by atoms with E-state index in [1.807, 2.05) is 67.0 Å². The van der Waals surface area contributed by atoms with Gasteiger partial charge in [-0.2, -0.15) is 5.10 Å². The predicted molar refractivity (Wildman–Crippen MR) is 152 cm³/mol. The molecule has 0 bridgehead atoms. The number of nitrogens with zero attached hydrogens (tertiary/aromatic N) is 5. The maximum Gasteiger partial charge on any atom is 0.413 e. The van der Waals surface area contributed by atoms with Gasteiger partial charge in [0.25, 0.3) is 5.91 Å². The molecule has 1 aromatic carbocycles. The minimum absolute atomic E-state index is 0.00390. The molecule has 39 heavy (non-hydrogen) atoms. The number of aromatic nitrogens is 4. The van der Waals surface area contributed by atoms with Crippen LogP contribution in [0.5, 0.6) is 0 Å². The van der Waals surface area contributed by atoms with E-state index in [1.54, 1.807) is 6.20 Å². The van der Waals surface area contributed by atoms with E-state index in [2.05, 4.69) is 20.6 Å². The van der Waals surface area contributed by atoms with Gasteiger partial charge in [-0.25, -0.2) is 14.5 Å². The Bertz CT molecular complexity index is 1510. The van der Waals surface area contributed by atoms with E-state index >= 15 is 0 Å². The average molecular weight is 546 g/mol. The highest BCUT2D eigenvalue weighted by molar-refractivity contribution is 7.19. The number of anilines is 1. The summed E-state index contributed by atoms with van der Waals surface area (Å²) in [6.45, 7) is 5.99. The average Bonchev–Trinajstić information content (AvgIpc) is 3.54. The lowest BCUT2D eigenvalue weighted by Gasteiger charge is -2.21. The first-order valence-corrected chi connectivity index (χ1v) is 13.7. The van der Waals surface area contributed by atoms with E-state index in [9.17, 15) is 9.59 Å². The van der Waals surface area contributed by atoms with Crippen molar-refractivity contribution in [1.82, 2.24) is 30.0 Å². The highest BCUT2D eigenvalue weighted by Gasteiger charge is 2.30. The van der Waals surface area contributed by atoms with E-state index in [4.69, 9.17) is 9.84 Å². The third-order valence-corrected chi connectivity index (χ3v) is 7.83. The molecule has 10 nitrogen and oxygen atoms in total. The molecule has 5 rings (SSSR count). The van der Waals surface area contributed by atoms with Gasteiger partial charge in [-0.3, -0.25) is 15.1 Å². The molecule has 2 N–H and O–H groups in total. The summed E-state index contributed by atoms with van der Waals surface area (Å²) in [7, 11) is 3.21. The number of aryl methyl sites for hydroxylation is 2. The Kier molecular flexibility index (Phi) is 7.71. The van der Waals surface area contributed by atoms with Crippen molar-refractivity contribution in [2.24, 2.45) is 0 Å². The van der Waals surface area contributed by atoms with E-state index in [0.29, 0.717) is 23.8 Å². The van der Waals surface area contributed by atoms with Crippen molar-refractivity contribution < 1.29 is 14.3 Å². The standard InChI is InChI=1S/C28H31N7O3S/c1-5-34(14-13-29-3)26(36)18-8-11-22(17(2)15-18)35-24-20(23(33-35)19-7-6-12-30-16-19)9-10-21-25(24)39-27(31-21)32-28(37)38-4/h6-8,11-12,15-16,29H,5,9-10,13-14H2,1-4H3,(H,31,32,37). The zero-order chi connectivity index (χ0) is 27.5. The Morgan fingerprint density at radius 2 is 2.08 bits per heavy atom. The van der Waals surface area contributed by atoms with Crippen molar-refractivity contribution in [1.29, 1.82) is 0 Å². The number of carbonyl (C=O) groups is 2. The lowest BCUT2D eigenvalue weighted by molar-refractivity contribution is 0.0766. The van der Waals surface area contributed by atoms with Crippen LogP contribution in [-0.4, -0.2) is 70.4 Å². The number of rotatable bonds is 8. The molecule has 1 aliphatic rings. The number of amides is 2. The summed E-state index contributed by atoms with van der Waals surface area (Å²) in [5.41, 5.74) is 7.20. The SMILES string of the molecule is CCN(CCNC)C(=O)c1ccc(-n2nc(-c3cccnc3)c3c2-c2sc(NC(=O)OC)nc2CC3)c(C)c1. The Balaban J connectivity index is 1.61. The second-order valence-corrected chi connectivity index (χ2v) is 10.2. The highest BCUT2D eigenvalue weighted by Crippen LogP contribution is 2.44. The molecule has 4 aromatic rings. The van der Waals surface area contributed by atoms with Crippen LogP contribution in [0.2, 0.25) is 0 Å². The topological polar surface area (TPSA) is 114 Å². The molecule has 11 heteroatoms. The number of fused-ring (bicyclic) bond motifs is 3. The van der Waals surface area contributed by atoms with Crippen LogP contribution in [0.1, 0.15) is 34.1 Å². The summed E-state index contributed by atoms with van der Waals surface area (Å²) in [6, 6.07) is 9.66.